The zero-order valence-corrected chi connectivity index (χ0v) is 12.1. The first-order chi connectivity index (χ1) is 7.04. The molecule has 80 valence electrons. The fourth-order valence-corrected chi connectivity index (χ4v) is 3.12. The highest BCUT2D eigenvalue weighted by molar-refractivity contribution is 9.11. The summed E-state index contributed by atoms with van der Waals surface area (Å²) in [5.74, 6) is -0.273. The molecule has 0 heterocycles. The van der Waals surface area contributed by atoms with Crippen LogP contribution in [0.15, 0.2) is 38.2 Å². The van der Waals surface area contributed by atoms with E-state index in [-0.39, 0.29) is 0 Å². The number of rotatable bonds is 3. The highest BCUT2D eigenvalue weighted by Crippen LogP contribution is 2.36. The van der Waals surface area contributed by atoms with Crippen LogP contribution in [0.4, 0.5) is 0 Å². The number of carbonyl (C=O) groups excluding carboxylic acids is 1. The van der Waals surface area contributed by atoms with E-state index in [1.165, 1.54) is 0 Å². The largest absolute Gasteiger partial charge is 0.378 e. The molecule has 0 saturated heterocycles. The molecule has 6 heteroatoms. The molecule has 0 spiro atoms. The van der Waals surface area contributed by atoms with E-state index in [0.717, 1.165) is 10.5 Å². The predicted octanol–water partition coefficient (Wildman–Crippen LogP) is 4.00. The first-order valence-electron chi connectivity index (χ1n) is 3.70. The summed E-state index contributed by atoms with van der Waals surface area (Å²) in [6.07, 6.45) is 1.01. The van der Waals surface area contributed by atoms with Crippen LogP contribution in [0.5, 0.6) is 5.75 Å². The number of benzene rings is 1. The predicted molar refractivity (Wildman–Crippen MR) is 66.5 cm³/mol. The maximum atomic E-state index is 10.8. The quantitative estimate of drug-likeness (QED) is 0.437. The Morgan fingerprint density at radius 2 is 1.80 bits per heavy atom. The molecule has 0 aliphatic carbocycles. The smallest absolute Gasteiger partial charge is 0.284 e. The Kier molecular flexibility index (Phi) is 4.82. The minimum atomic E-state index is -0.656. The third kappa shape index (κ3) is 3.62. The number of halogens is 3. The molecule has 0 radical (unpaired) electrons. The van der Waals surface area contributed by atoms with Gasteiger partial charge in [0.1, 0.15) is 0 Å². The Hall–Kier alpha value is -0.330. The van der Waals surface area contributed by atoms with Crippen molar-refractivity contribution in [2.24, 2.45) is 0 Å². The molecule has 15 heavy (non-hydrogen) atoms. The molecule has 0 bridgehead atoms. The van der Waals surface area contributed by atoms with Gasteiger partial charge < -0.3 is 0 Å². The van der Waals surface area contributed by atoms with Gasteiger partial charge >= 0.3 is 5.97 Å². The third-order valence-corrected chi connectivity index (χ3v) is 2.97. The fourth-order valence-electron chi connectivity index (χ4n) is 0.725. The van der Waals surface area contributed by atoms with Crippen LogP contribution in [-0.4, -0.2) is 5.97 Å². The molecule has 0 aliphatic rings. The van der Waals surface area contributed by atoms with Crippen molar-refractivity contribution in [1.82, 2.24) is 0 Å². The first kappa shape index (κ1) is 12.7. The summed E-state index contributed by atoms with van der Waals surface area (Å²) >= 11 is 9.84. The average Bonchev–Trinajstić information content (AvgIpc) is 2.15. The molecule has 0 atom stereocenters. The van der Waals surface area contributed by atoms with Gasteiger partial charge in [0.05, 0.1) is 8.95 Å². The number of hydrogen-bond donors (Lipinski definition) is 0. The Morgan fingerprint density at radius 1 is 1.27 bits per heavy atom. The van der Waals surface area contributed by atoms with Crippen molar-refractivity contribution < 1.29 is 14.6 Å². The summed E-state index contributed by atoms with van der Waals surface area (Å²) in [6, 6.07) is 3.53. The molecule has 0 amide bonds. The van der Waals surface area contributed by atoms with Gasteiger partial charge in [0.25, 0.3) is 0 Å². The van der Waals surface area contributed by atoms with Gasteiger partial charge in [-0.15, -0.1) is 0 Å². The van der Waals surface area contributed by atoms with E-state index < -0.39 is 5.97 Å². The molecule has 0 saturated carbocycles. The Labute approximate surface area is 112 Å². The zero-order chi connectivity index (χ0) is 11.4. The van der Waals surface area contributed by atoms with Gasteiger partial charge in [0, 0.05) is 10.5 Å². The van der Waals surface area contributed by atoms with E-state index in [1.807, 2.05) is 0 Å². The van der Waals surface area contributed by atoms with Gasteiger partial charge in [0.2, 0.25) is 5.75 Å². The van der Waals surface area contributed by atoms with Gasteiger partial charge in [-0.25, -0.2) is 9.68 Å². The van der Waals surface area contributed by atoms with E-state index >= 15 is 0 Å². The van der Waals surface area contributed by atoms with Crippen LogP contribution in [0.1, 0.15) is 0 Å². The lowest BCUT2D eigenvalue weighted by Gasteiger charge is -2.07. The normalized spacial score (nSPS) is 9.53. The number of carbonyl (C=O) groups is 1. The SMILES string of the molecule is C=CC(=O)OOc1c(Br)cc(Br)cc1Br. The van der Waals surface area contributed by atoms with Crippen molar-refractivity contribution >= 4 is 53.8 Å². The van der Waals surface area contributed by atoms with Crippen LogP contribution in [0, 0.1) is 0 Å². The van der Waals surface area contributed by atoms with Gasteiger partial charge in [-0.05, 0) is 44.0 Å². The van der Waals surface area contributed by atoms with E-state index in [2.05, 4.69) is 59.3 Å². The second-order valence-corrected chi connectivity index (χ2v) is 5.01. The van der Waals surface area contributed by atoms with E-state index in [4.69, 9.17) is 4.89 Å². The molecule has 3 nitrogen and oxygen atoms in total. The third-order valence-electron chi connectivity index (χ3n) is 1.34. The van der Waals surface area contributed by atoms with Crippen molar-refractivity contribution in [2.45, 2.75) is 0 Å². The monoisotopic (exact) mass is 398 g/mol. The van der Waals surface area contributed by atoms with E-state index in [9.17, 15) is 4.79 Å². The molecule has 1 rings (SSSR count). The standard InChI is InChI=1S/C9H5Br3O3/c1-2-8(13)14-15-9-6(11)3-5(10)4-7(9)12/h2-4H,1H2. The summed E-state index contributed by atoms with van der Waals surface area (Å²) in [6.45, 7) is 3.25. The molecule has 0 N–H and O–H groups in total. The highest BCUT2D eigenvalue weighted by Gasteiger charge is 2.11. The van der Waals surface area contributed by atoms with Crippen LogP contribution < -0.4 is 4.89 Å². The maximum absolute atomic E-state index is 10.8. The molecule has 0 aliphatic heterocycles. The minimum absolute atomic E-state index is 0.383. The number of hydrogen-bond acceptors (Lipinski definition) is 3. The van der Waals surface area contributed by atoms with Gasteiger partial charge in [0.15, 0.2) is 0 Å². The Morgan fingerprint density at radius 3 is 2.27 bits per heavy atom. The lowest BCUT2D eigenvalue weighted by molar-refractivity contribution is -0.207. The van der Waals surface area contributed by atoms with Crippen molar-refractivity contribution in [3.8, 4) is 5.75 Å². The topological polar surface area (TPSA) is 35.5 Å². The molecule has 1 aromatic carbocycles. The molecule has 0 unspecified atom stereocenters. The van der Waals surface area contributed by atoms with E-state index in [1.54, 1.807) is 12.1 Å². The first-order valence-corrected chi connectivity index (χ1v) is 6.08. The molecular formula is C9H5Br3O3. The minimum Gasteiger partial charge on any atom is -0.284 e. The maximum Gasteiger partial charge on any atom is 0.378 e. The summed E-state index contributed by atoms with van der Waals surface area (Å²) < 4.78 is 2.17. The summed E-state index contributed by atoms with van der Waals surface area (Å²) in [5.41, 5.74) is 0. The zero-order valence-electron chi connectivity index (χ0n) is 7.30. The van der Waals surface area contributed by atoms with Crippen molar-refractivity contribution in [1.29, 1.82) is 0 Å². The fraction of sp³-hybridized carbons (Fsp3) is 0. The van der Waals surface area contributed by atoms with Gasteiger partial charge in [-0.2, -0.15) is 0 Å². The lowest BCUT2D eigenvalue weighted by atomic mass is 10.3. The van der Waals surface area contributed by atoms with Gasteiger partial charge in [-0.1, -0.05) is 22.5 Å². The molecule has 0 fully saturated rings. The molecule has 1 aromatic rings. The van der Waals surface area contributed by atoms with E-state index in [0.29, 0.717) is 14.7 Å². The summed E-state index contributed by atoms with van der Waals surface area (Å²) in [4.78, 5) is 20.1. The van der Waals surface area contributed by atoms with Crippen LogP contribution in [-0.2, 0) is 9.68 Å². The second kappa shape index (κ2) is 5.67. The van der Waals surface area contributed by atoms with Crippen molar-refractivity contribution in [3.05, 3.63) is 38.2 Å². The molecular weight excluding hydrogens is 396 g/mol. The summed E-state index contributed by atoms with van der Waals surface area (Å²) in [5, 5.41) is 0. The lowest BCUT2D eigenvalue weighted by Crippen LogP contribution is -2.04. The molecule has 0 aromatic heterocycles. The van der Waals surface area contributed by atoms with Crippen LogP contribution in [0.3, 0.4) is 0 Å². The average molecular weight is 401 g/mol. The highest BCUT2D eigenvalue weighted by atomic mass is 79.9. The summed E-state index contributed by atoms with van der Waals surface area (Å²) in [7, 11) is 0. The van der Waals surface area contributed by atoms with Gasteiger partial charge in [-0.3, -0.25) is 4.89 Å². The van der Waals surface area contributed by atoms with Crippen LogP contribution in [0.25, 0.3) is 0 Å². The Bertz CT molecular complexity index is 381. The van der Waals surface area contributed by atoms with Crippen molar-refractivity contribution in [3.63, 3.8) is 0 Å². The second-order valence-electron chi connectivity index (χ2n) is 2.39. The van der Waals surface area contributed by atoms with Crippen LogP contribution >= 0.6 is 47.8 Å². The van der Waals surface area contributed by atoms with Crippen molar-refractivity contribution in [2.75, 3.05) is 0 Å². The Balaban J connectivity index is 2.85. The van der Waals surface area contributed by atoms with Crippen LogP contribution in [0.2, 0.25) is 0 Å².